The number of anilines is 1. The first-order valence-corrected chi connectivity index (χ1v) is 5.50. The van der Waals surface area contributed by atoms with Gasteiger partial charge in [0, 0.05) is 17.8 Å². The molecule has 3 aromatic rings. The number of nitrogens with one attached hydrogen (secondary N) is 2. The van der Waals surface area contributed by atoms with Gasteiger partial charge in [-0.25, -0.2) is 0 Å². The number of nitrogens with zero attached hydrogens (tertiary/aromatic N) is 2. The molecule has 0 radical (unpaired) electrons. The molecular formula is C13H10N4O. The first-order chi connectivity index (χ1) is 8.84. The highest BCUT2D eigenvalue weighted by atomic mass is 16.1. The van der Waals surface area contributed by atoms with Crippen LogP contribution < -0.4 is 5.32 Å². The Kier molecular flexibility index (Phi) is 2.49. The van der Waals surface area contributed by atoms with Crippen molar-refractivity contribution in [3.63, 3.8) is 0 Å². The second-order valence-corrected chi connectivity index (χ2v) is 3.81. The van der Waals surface area contributed by atoms with Gasteiger partial charge in [-0.15, -0.1) is 5.10 Å². The maximum Gasteiger partial charge on any atom is 0.276 e. The molecule has 5 heteroatoms. The number of hydrogen-bond donors (Lipinski definition) is 2. The van der Waals surface area contributed by atoms with Crippen molar-refractivity contribution in [3.05, 3.63) is 54.5 Å². The smallest absolute Gasteiger partial charge is 0.276 e. The molecule has 88 valence electrons. The normalized spacial score (nSPS) is 10.4. The highest BCUT2D eigenvalue weighted by Gasteiger charge is 2.09. The topological polar surface area (TPSA) is 70.7 Å². The Morgan fingerprint density at radius 1 is 1.17 bits per heavy atom. The van der Waals surface area contributed by atoms with E-state index in [-0.39, 0.29) is 5.91 Å². The van der Waals surface area contributed by atoms with E-state index >= 15 is 0 Å². The monoisotopic (exact) mass is 238 g/mol. The number of benzene rings is 1. The van der Waals surface area contributed by atoms with E-state index in [0.717, 1.165) is 16.6 Å². The second-order valence-electron chi connectivity index (χ2n) is 3.81. The summed E-state index contributed by atoms with van der Waals surface area (Å²) >= 11 is 0. The average Bonchev–Trinajstić information content (AvgIpc) is 2.89. The molecule has 0 spiro atoms. The van der Waals surface area contributed by atoms with Crippen LogP contribution in [0.25, 0.3) is 10.9 Å². The zero-order valence-corrected chi connectivity index (χ0v) is 9.42. The third kappa shape index (κ3) is 1.82. The summed E-state index contributed by atoms with van der Waals surface area (Å²) in [7, 11) is 0. The van der Waals surface area contributed by atoms with Crippen LogP contribution in [0.4, 0.5) is 5.69 Å². The third-order valence-electron chi connectivity index (χ3n) is 2.64. The number of H-pyrrole nitrogens is 1. The summed E-state index contributed by atoms with van der Waals surface area (Å²) in [5.41, 5.74) is 1.92. The van der Waals surface area contributed by atoms with E-state index in [1.54, 1.807) is 12.1 Å². The van der Waals surface area contributed by atoms with Crippen LogP contribution in [0.2, 0.25) is 0 Å². The molecule has 2 heterocycles. The van der Waals surface area contributed by atoms with Gasteiger partial charge in [-0.05, 0) is 24.3 Å². The molecule has 0 unspecified atom stereocenters. The molecule has 0 bridgehead atoms. The molecule has 0 aliphatic carbocycles. The number of para-hydroxylation sites is 1. The van der Waals surface area contributed by atoms with Crippen molar-refractivity contribution in [1.29, 1.82) is 0 Å². The lowest BCUT2D eigenvalue weighted by Gasteiger charge is -2.05. The summed E-state index contributed by atoms with van der Waals surface area (Å²) in [5.74, 6) is -0.273. The lowest BCUT2D eigenvalue weighted by Crippen LogP contribution is -2.14. The van der Waals surface area contributed by atoms with Gasteiger partial charge in [0.15, 0.2) is 5.69 Å². The van der Waals surface area contributed by atoms with Crippen LogP contribution in [-0.4, -0.2) is 21.1 Å². The van der Waals surface area contributed by atoms with Gasteiger partial charge < -0.3 is 10.3 Å². The van der Waals surface area contributed by atoms with Crippen LogP contribution in [-0.2, 0) is 0 Å². The number of carbonyl (C=O) groups is 1. The van der Waals surface area contributed by atoms with Gasteiger partial charge in [-0.1, -0.05) is 12.1 Å². The summed E-state index contributed by atoms with van der Waals surface area (Å²) in [6.07, 6.45) is 3.37. The van der Waals surface area contributed by atoms with E-state index in [1.807, 2.05) is 30.5 Å². The second kappa shape index (κ2) is 4.29. The number of rotatable bonds is 2. The van der Waals surface area contributed by atoms with Gasteiger partial charge in [0.25, 0.3) is 5.91 Å². The molecular weight excluding hydrogens is 228 g/mol. The molecule has 1 aromatic carbocycles. The van der Waals surface area contributed by atoms with Crippen molar-refractivity contribution in [3.8, 4) is 0 Å². The lowest BCUT2D eigenvalue weighted by molar-refractivity contribution is 0.102. The molecule has 2 N–H and O–H groups in total. The first-order valence-electron chi connectivity index (χ1n) is 5.50. The predicted octanol–water partition coefficient (Wildman–Crippen LogP) is 2.21. The van der Waals surface area contributed by atoms with Crippen LogP contribution in [0.1, 0.15) is 10.5 Å². The maximum atomic E-state index is 12.0. The first kappa shape index (κ1) is 10.5. The Bertz CT molecular complexity index is 690. The van der Waals surface area contributed by atoms with Gasteiger partial charge in [0.05, 0.1) is 11.2 Å². The minimum Gasteiger partial charge on any atom is -0.359 e. The maximum absolute atomic E-state index is 12.0. The molecule has 3 rings (SSSR count). The fourth-order valence-electron chi connectivity index (χ4n) is 1.80. The highest BCUT2D eigenvalue weighted by molar-refractivity contribution is 6.07. The van der Waals surface area contributed by atoms with Crippen LogP contribution in [0, 0.1) is 0 Å². The molecule has 2 aromatic heterocycles. The fourth-order valence-corrected chi connectivity index (χ4v) is 1.80. The quantitative estimate of drug-likeness (QED) is 0.719. The van der Waals surface area contributed by atoms with E-state index in [4.69, 9.17) is 0 Å². The minimum absolute atomic E-state index is 0.273. The molecule has 18 heavy (non-hydrogen) atoms. The van der Waals surface area contributed by atoms with E-state index in [9.17, 15) is 4.79 Å². The van der Waals surface area contributed by atoms with Crippen molar-refractivity contribution in [2.24, 2.45) is 0 Å². The van der Waals surface area contributed by atoms with Crippen LogP contribution in [0.3, 0.4) is 0 Å². The zero-order valence-electron chi connectivity index (χ0n) is 9.42. The summed E-state index contributed by atoms with van der Waals surface area (Å²) in [5, 5.41) is 11.3. The predicted molar refractivity (Wildman–Crippen MR) is 68.3 cm³/mol. The van der Waals surface area contributed by atoms with Crippen LogP contribution >= 0.6 is 0 Å². The van der Waals surface area contributed by atoms with Crippen molar-refractivity contribution >= 4 is 22.5 Å². The molecule has 1 amide bonds. The Morgan fingerprint density at radius 3 is 2.94 bits per heavy atom. The summed E-state index contributed by atoms with van der Waals surface area (Å²) < 4.78 is 0. The number of aromatic amines is 1. The zero-order chi connectivity index (χ0) is 12.4. The van der Waals surface area contributed by atoms with E-state index in [1.165, 1.54) is 6.20 Å². The van der Waals surface area contributed by atoms with Crippen molar-refractivity contribution in [2.45, 2.75) is 0 Å². The fraction of sp³-hybridized carbons (Fsp3) is 0. The number of aromatic nitrogens is 3. The Hall–Kier alpha value is -2.69. The minimum atomic E-state index is -0.273. The van der Waals surface area contributed by atoms with Gasteiger partial charge in [-0.2, -0.15) is 5.10 Å². The lowest BCUT2D eigenvalue weighted by atomic mass is 10.2. The molecule has 0 fully saturated rings. The SMILES string of the molecule is O=C(Nc1cccc2cc[nH]c12)c1cccnn1. The number of carbonyl (C=O) groups excluding carboxylic acids is 1. The molecule has 0 aliphatic rings. The van der Waals surface area contributed by atoms with Crippen molar-refractivity contribution < 1.29 is 4.79 Å². The Balaban J connectivity index is 1.93. The van der Waals surface area contributed by atoms with Crippen LogP contribution in [0.15, 0.2) is 48.8 Å². The van der Waals surface area contributed by atoms with E-state index in [0.29, 0.717) is 5.69 Å². The van der Waals surface area contributed by atoms with Crippen LogP contribution in [0.5, 0.6) is 0 Å². The number of fused-ring (bicyclic) bond motifs is 1. The number of hydrogen-bond acceptors (Lipinski definition) is 3. The van der Waals surface area contributed by atoms with Gasteiger partial charge in [0.2, 0.25) is 0 Å². The number of amides is 1. The summed E-state index contributed by atoms with van der Waals surface area (Å²) in [4.78, 5) is 15.0. The van der Waals surface area contributed by atoms with Gasteiger partial charge in [-0.3, -0.25) is 4.79 Å². The van der Waals surface area contributed by atoms with Crippen molar-refractivity contribution in [2.75, 3.05) is 5.32 Å². The largest absolute Gasteiger partial charge is 0.359 e. The van der Waals surface area contributed by atoms with Gasteiger partial charge in [0.1, 0.15) is 0 Å². The van der Waals surface area contributed by atoms with E-state index in [2.05, 4.69) is 20.5 Å². The third-order valence-corrected chi connectivity index (χ3v) is 2.64. The molecule has 0 saturated carbocycles. The van der Waals surface area contributed by atoms with Crippen molar-refractivity contribution in [1.82, 2.24) is 15.2 Å². The molecule has 0 saturated heterocycles. The van der Waals surface area contributed by atoms with Gasteiger partial charge >= 0.3 is 0 Å². The Morgan fingerprint density at radius 2 is 2.11 bits per heavy atom. The Labute approximate surface area is 103 Å². The molecule has 5 nitrogen and oxygen atoms in total. The molecule has 0 aliphatic heterocycles. The highest BCUT2D eigenvalue weighted by Crippen LogP contribution is 2.21. The summed E-state index contributed by atoms with van der Waals surface area (Å²) in [6, 6.07) is 11.0. The standard InChI is InChI=1S/C13H10N4O/c18-13(11-5-2-7-15-17-11)16-10-4-1-3-9-6-8-14-12(9)10/h1-8,14H,(H,16,18). The van der Waals surface area contributed by atoms with E-state index < -0.39 is 0 Å². The summed E-state index contributed by atoms with van der Waals surface area (Å²) in [6.45, 7) is 0. The molecule has 0 atom stereocenters. The average molecular weight is 238 g/mol.